The Hall–Kier alpha value is -1.79. The van der Waals surface area contributed by atoms with Gasteiger partial charge >= 0.3 is 0 Å². The minimum absolute atomic E-state index is 0.158. The molecule has 0 spiro atoms. The van der Waals surface area contributed by atoms with Crippen molar-refractivity contribution < 1.29 is 14.8 Å². The zero-order valence-electron chi connectivity index (χ0n) is 11.9. The van der Waals surface area contributed by atoms with Gasteiger partial charge in [0.25, 0.3) is 0 Å². The molecule has 0 radical (unpaired) electrons. The molecule has 0 aromatic carbocycles. The van der Waals surface area contributed by atoms with E-state index in [-0.39, 0.29) is 11.7 Å². The first-order valence-corrected chi connectivity index (χ1v) is 6.38. The van der Waals surface area contributed by atoms with Gasteiger partial charge in [0, 0.05) is 6.54 Å². The molecular weight excluding hydrogens is 248 g/mol. The summed E-state index contributed by atoms with van der Waals surface area (Å²) in [6, 6.07) is -0.660. The van der Waals surface area contributed by atoms with E-state index >= 15 is 0 Å². The van der Waals surface area contributed by atoms with Crippen molar-refractivity contribution >= 4 is 17.6 Å². The van der Waals surface area contributed by atoms with Gasteiger partial charge in [-0.15, -0.1) is 0 Å². The molecule has 0 fully saturated rings. The van der Waals surface area contributed by atoms with Crippen LogP contribution in [0.25, 0.3) is 0 Å². The molecule has 7 heteroatoms. The molecule has 110 valence electrons. The lowest BCUT2D eigenvalue weighted by Gasteiger charge is -2.18. The molecule has 0 saturated carbocycles. The van der Waals surface area contributed by atoms with Gasteiger partial charge in [-0.3, -0.25) is 9.59 Å². The summed E-state index contributed by atoms with van der Waals surface area (Å²) >= 11 is 0. The Kier molecular flexibility index (Phi) is 7.55. The number of hydrogen-bond donors (Lipinski definition) is 4. The van der Waals surface area contributed by atoms with E-state index in [9.17, 15) is 9.59 Å². The normalized spacial score (nSPS) is 14.9. The van der Waals surface area contributed by atoms with Crippen molar-refractivity contribution in [3.8, 4) is 0 Å². The molecule has 2 atom stereocenters. The summed E-state index contributed by atoms with van der Waals surface area (Å²) in [5.74, 6) is -1.23. The number of carbonyl (C=O) groups excluding carboxylic acids is 2. The highest BCUT2D eigenvalue weighted by Gasteiger charge is 2.24. The number of amidine groups is 1. The zero-order valence-corrected chi connectivity index (χ0v) is 11.9. The monoisotopic (exact) mass is 272 g/mol. The standard InChI is InChI=1S/C12H24N4O3/c1-5-9(10(13)16-19)12(18)15-8(4)11(17)14-6-7(2)3/h7-9,19H,5-6H2,1-4H3,(H2,13,16)(H,14,17)(H,15,18). The van der Waals surface area contributed by atoms with E-state index in [1.165, 1.54) is 0 Å². The van der Waals surface area contributed by atoms with E-state index in [1.54, 1.807) is 13.8 Å². The van der Waals surface area contributed by atoms with E-state index in [1.807, 2.05) is 13.8 Å². The fourth-order valence-electron chi connectivity index (χ4n) is 1.44. The maximum Gasteiger partial charge on any atom is 0.242 e. The SMILES string of the molecule is CCC(C(=O)NC(C)C(=O)NCC(C)C)C(N)=NO. The van der Waals surface area contributed by atoms with Crippen molar-refractivity contribution in [1.29, 1.82) is 0 Å². The number of rotatable bonds is 7. The first kappa shape index (κ1) is 17.2. The Morgan fingerprint density at radius 2 is 1.84 bits per heavy atom. The number of hydrogen-bond acceptors (Lipinski definition) is 4. The molecule has 0 aliphatic heterocycles. The maximum atomic E-state index is 11.9. The number of carbonyl (C=O) groups is 2. The summed E-state index contributed by atoms with van der Waals surface area (Å²) in [6.07, 6.45) is 0.391. The van der Waals surface area contributed by atoms with E-state index < -0.39 is 17.9 Å². The van der Waals surface area contributed by atoms with E-state index in [0.29, 0.717) is 18.9 Å². The zero-order chi connectivity index (χ0) is 15.0. The lowest BCUT2D eigenvalue weighted by molar-refractivity contribution is -0.129. The molecular formula is C12H24N4O3. The van der Waals surface area contributed by atoms with Crippen LogP contribution in [-0.2, 0) is 9.59 Å². The second-order valence-electron chi connectivity index (χ2n) is 4.85. The molecule has 0 aromatic rings. The molecule has 5 N–H and O–H groups in total. The molecule has 0 aromatic heterocycles. The smallest absolute Gasteiger partial charge is 0.242 e. The Bertz CT molecular complexity index is 342. The average molecular weight is 272 g/mol. The molecule has 2 unspecified atom stereocenters. The average Bonchev–Trinajstić information content (AvgIpc) is 2.36. The van der Waals surface area contributed by atoms with Crippen LogP contribution in [-0.4, -0.2) is 35.4 Å². The number of oxime groups is 1. The first-order chi connectivity index (χ1) is 8.83. The predicted octanol–water partition coefficient (Wildman–Crippen LogP) is 0.0359. The Balaban J connectivity index is 4.42. The Morgan fingerprint density at radius 3 is 2.26 bits per heavy atom. The van der Waals surface area contributed by atoms with Gasteiger partial charge in [0.1, 0.15) is 6.04 Å². The van der Waals surface area contributed by atoms with E-state index in [4.69, 9.17) is 10.9 Å². The lowest BCUT2D eigenvalue weighted by atomic mass is 10.0. The summed E-state index contributed by atoms with van der Waals surface area (Å²) in [5.41, 5.74) is 5.42. The number of nitrogens with one attached hydrogen (secondary N) is 2. The summed E-state index contributed by atoms with van der Waals surface area (Å²) in [7, 11) is 0. The molecule has 0 heterocycles. The van der Waals surface area contributed by atoms with Crippen LogP contribution in [0.4, 0.5) is 0 Å². The molecule has 7 nitrogen and oxygen atoms in total. The fourth-order valence-corrected chi connectivity index (χ4v) is 1.44. The van der Waals surface area contributed by atoms with Gasteiger partial charge in [-0.25, -0.2) is 0 Å². The molecule has 0 rings (SSSR count). The lowest BCUT2D eigenvalue weighted by Crippen LogP contribution is -2.49. The van der Waals surface area contributed by atoms with Crippen LogP contribution < -0.4 is 16.4 Å². The van der Waals surface area contributed by atoms with Crippen LogP contribution in [0.5, 0.6) is 0 Å². The summed E-state index contributed by atoms with van der Waals surface area (Å²) in [6.45, 7) is 7.85. The van der Waals surface area contributed by atoms with Crippen LogP contribution in [0.2, 0.25) is 0 Å². The van der Waals surface area contributed by atoms with E-state index in [2.05, 4.69) is 15.8 Å². The van der Waals surface area contributed by atoms with Crippen LogP contribution in [0, 0.1) is 11.8 Å². The van der Waals surface area contributed by atoms with Crippen molar-refractivity contribution in [2.45, 2.75) is 40.2 Å². The van der Waals surface area contributed by atoms with Gasteiger partial charge in [-0.1, -0.05) is 25.9 Å². The highest BCUT2D eigenvalue weighted by Crippen LogP contribution is 2.03. The Labute approximate surface area is 113 Å². The van der Waals surface area contributed by atoms with Crippen molar-refractivity contribution in [3.05, 3.63) is 0 Å². The number of nitrogens with zero attached hydrogens (tertiary/aromatic N) is 1. The van der Waals surface area contributed by atoms with Crippen molar-refractivity contribution in [2.24, 2.45) is 22.7 Å². The fraction of sp³-hybridized carbons (Fsp3) is 0.750. The molecule has 0 saturated heterocycles. The van der Waals surface area contributed by atoms with Gasteiger partial charge in [-0.2, -0.15) is 0 Å². The largest absolute Gasteiger partial charge is 0.409 e. The van der Waals surface area contributed by atoms with Crippen molar-refractivity contribution in [2.75, 3.05) is 6.54 Å². The number of amides is 2. The van der Waals surface area contributed by atoms with Gasteiger partial charge in [0.15, 0.2) is 5.84 Å². The van der Waals surface area contributed by atoms with E-state index in [0.717, 1.165) is 0 Å². The van der Waals surface area contributed by atoms with Crippen molar-refractivity contribution in [1.82, 2.24) is 10.6 Å². The third-order valence-electron chi connectivity index (χ3n) is 2.63. The summed E-state index contributed by atoms with van der Waals surface area (Å²) in [4.78, 5) is 23.6. The van der Waals surface area contributed by atoms with Gasteiger partial charge in [-0.05, 0) is 19.3 Å². The van der Waals surface area contributed by atoms with Gasteiger partial charge in [0.05, 0.1) is 5.92 Å². The second kappa shape index (κ2) is 8.34. The van der Waals surface area contributed by atoms with Gasteiger partial charge < -0.3 is 21.6 Å². The third kappa shape index (κ3) is 6.08. The molecule has 0 aliphatic carbocycles. The van der Waals surface area contributed by atoms with Crippen molar-refractivity contribution in [3.63, 3.8) is 0 Å². The summed E-state index contributed by atoms with van der Waals surface area (Å²) in [5, 5.41) is 16.7. The minimum atomic E-state index is -0.731. The molecule has 0 bridgehead atoms. The number of nitrogens with two attached hydrogens (primary N) is 1. The van der Waals surface area contributed by atoms with Gasteiger partial charge in [0.2, 0.25) is 11.8 Å². The molecule has 2 amide bonds. The van der Waals surface area contributed by atoms with Crippen LogP contribution >= 0.6 is 0 Å². The summed E-state index contributed by atoms with van der Waals surface area (Å²) < 4.78 is 0. The molecule has 19 heavy (non-hydrogen) atoms. The predicted molar refractivity (Wildman–Crippen MR) is 72.6 cm³/mol. The topological polar surface area (TPSA) is 117 Å². The minimum Gasteiger partial charge on any atom is -0.409 e. The quantitative estimate of drug-likeness (QED) is 0.226. The highest BCUT2D eigenvalue weighted by molar-refractivity contribution is 6.03. The first-order valence-electron chi connectivity index (χ1n) is 6.38. The third-order valence-corrected chi connectivity index (χ3v) is 2.63. The van der Waals surface area contributed by atoms with Crippen LogP contribution in [0.1, 0.15) is 34.1 Å². The Morgan fingerprint density at radius 1 is 1.26 bits per heavy atom. The van der Waals surface area contributed by atoms with Crippen LogP contribution in [0.3, 0.4) is 0 Å². The highest BCUT2D eigenvalue weighted by atomic mass is 16.4. The molecule has 0 aliphatic rings. The van der Waals surface area contributed by atoms with Crippen LogP contribution in [0.15, 0.2) is 5.16 Å². The second-order valence-corrected chi connectivity index (χ2v) is 4.85. The maximum absolute atomic E-state index is 11.9.